The number of amides is 2. The quantitative estimate of drug-likeness (QED) is 0.764. The van der Waals surface area contributed by atoms with E-state index in [0.29, 0.717) is 12.2 Å². The first-order valence-corrected chi connectivity index (χ1v) is 10.1. The van der Waals surface area contributed by atoms with Crippen molar-refractivity contribution in [3.05, 3.63) is 65.2 Å². The van der Waals surface area contributed by atoms with Gasteiger partial charge in [0.1, 0.15) is 0 Å². The molecule has 2 amide bonds. The zero-order chi connectivity index (χ0) is 20.8. The monoisotopic (exact) mass is 394 g/mol. The zero-order valence-electron chi connectivity index (χ0n) is 17.4. The van der Waals surface area contributed by atoms with Crippen molar-refractivity contribution in [1.29, 1.82) is 0 Å². The summed E-state index contributed by atoms with van der Waals surface area (Å²) in [6, 6.07) is 15.8. The number of likely N-dealkylation sites (N-methyl/N-ethyl adjacent to an activating group) is 1. The van der Waals surface area contributed by atoms with Crippen molar-refractivity contribution in [3.8, 4) is 0 Å². The summed E-state index contributed by atoms with van der Waals surface area (Å²) in [4.78, 5) is 29.3. The molecule has 1 aliphatic rings. The summed E-state index contributed by atoms with van der Waals surface area (Å²) in [5, 5.41) is 5.48. The molecule has 0 aromatic heterocycles. The first-order valence-electron chi connectivity index (χ1n) is 10.1. The largest absolute Gasteiger partial charge is 0.346 e. The van der Waals surface area contributed by atoms with Crippen LogP contribution in [-0.4, -0.2) is 61.4 Å². The number of benzene rings is 2. The topological polar surface area (TPSA) is 64.7 Å². The fourth-order valence-electron chi connectivity index (χ4n) is 3.47. The molecule has 0 spiro atoms. The van der Waals surface area contributed by atoms with Crippen LogP contribution in [0.2, 0.25) is 0 Å². The zero-order valence-corrected chi connectivity index (χ0v) is 17.4. The maximum atomic E-state index is 12.4. The van der Waals surface area contributed by atoms with Crippen LogP contribution in [-0.2, 0) is 9.59 Å². The Kier molecular flexibility index (Phi) is 7.01. The highest BCUT2D eigenvalue weighted by Gasteiger charge is 2.25. The molecular weight excluding hydrogens is 364 g/mol. The highest BCUT2D eigenvalue weighted by Crippen LogP contribution is 2.22. The third-order valence-electron chi connectivity index (χ3n) is 5.41. The highest BCUT2D eigenvalue weighted by molar-refractivity contribution is 6.39. The third-order valence-corrected chi connectivity index (χ3v) is 5.41. The number of carbonyl (C=O) groups is 2. The fraction of sp³-hybridized carbons (Fsp3) is 0.391. The van der Waals surface area contributed by atoms with Crippen LogP contribution in [0.1, 0.15) is 22.7 Å². The molecular formula is C23H30N4O2. The van der Waals surface area contributed by atoms with Gasteiger partial charge in [-0.1, -0.05) is 47.5 Å². The Morgan fingerprint density at radius 1 is 0.862 bits per heavy atom. The molecule has 1 heterocycles. The Balaban J connectivity index is 1.63. The van der Waals surface area contributed by atoms with Crippen molar-refractivity contribution in [2.45, 2.75) is 19.9 Å². The number of hydrogen-bond acceptors (Lipinski definition) is 4. The van der Waals surface area contributed by atoms with Gasteiger partial charge in [0.15, 0.2) is 0 Å². The van der Waals surface area contributed by atoms with Crippen molar-refractivity contribution >= 4 is 17.5 Å². The normalized spacial score (nSPS) is 16.2. The number of nitrogens with one attached hydrogen (secondary N) is 2. The van der Waals surface area contributed by atoms with Crippen molar-refractivity contribution in [2.24, 2.45) is 0 Å². The Bertz CT molecular complexity index is 825. The summed E-state index contributed by atoms with van der Waals surface area (Å²) in [5.41, 5.74) is 4.07. The molecule has 29 heavy (non-hydrogen) atoms. The lowest BCUT2D eigenvalue weighted by Gasteiger charge is -2.38. The summed E-state index contributed by atoms with van der Waals surface area (Å²) in [6.07, 6.45) is 0. The van der Waals surface area contributed by atoms with Gasteiger partial charge in [0.05, 0.1) is 6.04 Å². The molecule has 1 atom stereocenters. The molecule has 0 aliphatic carbocycles. The molecule has 0 unspecified atom stereocenters. The molecule has 2 N–H and O–H groups in total. The molecule has 154 valence electrons. The summed E-state index contributed by atoms with van der Waals surface area (Å²) in [5.74, 6) is -1.26. The first-order chi connectivity index (χ1) is 13.9. The summed E-state index contributed by atoms with van der Waals surface area (Å²) in [7, 11) is 2.12. The number of aryl methyl sites for hydroxylation is 2. The first kappa shape index (κ1) is 21.0. The number of carbonyl (C=O) groups excluding carboxylic acids is 2. The van der Waals surface area contributed by atoms with E-state index in [9.17, 15) is 9.59 Å². The van der Waals surface area contributed by atoms with E-state index >= 15 is 0 Å². The van der Waals surface area contributed by atoms with Crippen LogP contribution < -0.4 is 10.6 Å². The van der Waals surface area contributed by atoms with Crippen molar-refractivity contribution in [1.82, 2.24) is 15.1 Å². The number of piperazine rings is 1. The van der Waals surface area contributed by atoms with Crippen LogP contribution in [0.5, 0.6) is 0 Å². The van der Waals surface area contributed by atoms with E-state index in [2.05, 4.69) is 58.7 Å². The standard InChI is InChI=1S/C23H30N4O2/c1-17-4-8-19(9-5-17)21(27-14-12-26(3)13-15-27)16-24-22(28)23(29)25-20-10-6-18(2)7-11-20/h4-11,21H,12-16H2,1-3H3,(H,24,28)(H,25,29)/t21-/m1/s1. The highest BCUT2D eigenvalue weighted by atomic mass is 16.2. The average Bonchev–Trinajstić information content (AvgIpc) is 2.72. The van der Waals surface area contributed by atoms with Gasteiger partial charge in [-0.2, -0.15) is 0 Å². The van der Waals surface area contributed by atoms with Gasteiger partial charge in [0, 0.05) is 38.4 Å². The molecule has 6 nitrogen and oxygen atoms in total. The van der Waals surface area contributed by atoms with Gasteiger partial charge in [-0.25, -0.2) is 0 Å². The van der Waals surface area contributed by atoms with Crippen molar-refractivity contribution in [3.63, 3.8) is 0 Å². The van der Waals surface area contributed by atoms with Crippen LogP contribution in [0.15, 0.2) is 48.5 Å². The molecule has 2 aromatic carbocycles. The van der Waals surface area contributed by atoms with Gasteiger partial charge < -0.3 is 15.5 Å². The van der Waals surface area contributed by atoms with E-state index in [4.69, 9.17) is 0 Å². The average molecular weight is 395 g/mol. The van der Waals surface area contributed by atoms with Crippen LogP contribution in [0.4, 0.5) is 5.69 Å². The summed E-state index contributed by atoms with van der Waals surface area (Å²) >= 11 is 0. The predicted octanol–water partition coefficient (Wildman–Crippen LogP) is 2.35. The van der Waals surface area contributed by atoms with E-state index in [1.54, 1.807) is 12.1 Å². The minimum atomic E-state index is -0.644. The van der Waals surface area contributed by atoms with Gasteiger partial charge in [0.2, 0.25) is 0 Å². The SMILES string of the molecule is Cc1ccc(NC(=O)C(=O)NC[C@H](c2ccc(C)cc2)N2CCN(C)CC2)cc1. The maximum Gasteiger partial charge on any atom is 0.313 e. The van der Waals surface area contributed by atoms with Gasteiger partial charge in [-0.05, 0) is 38.6 Å². The Morgan fingerprint density at radius 2 is 1.41 bits per heavy atom. The van der Waals surface area contributed by atoms with Gasteiger partial charge in [0.25, 0.3) is 0 Å². The number of nitrogens with zero attached hydrogens (tertiary/aromatic N) is 2. The molecule has 1 fully saturated rings. The lowest BCUT2D eigenvalue weighted by Crippen LogP contribution is -2.49. The van der Waals surface area contributed by atoms with Crippen LogP contribution in [0, 0.1) is 13.8 Å². The molecule has 0 radical (unpaired) electrons. The Labute approximate surface area is 172 Å². The molecule has 0 bridgehead atoms. The van der Waals surface area contributed by atoms with E-state index in [0.717, 1.165) is 37.3 Å². The van der Waals surface area contributed by atoms with Crippen LogP contribution in [0.25, 0.3) is 0 Å². The number of rotatable bonds is 5. The van der Waals surface area contributed by atoms with Crippen molar-refractivity contribution in [2.75, 3.05) is 45.1 Å². The van der Waals surface area contributed by atoms with Gasteiger partial charge >= 0.3 is 11.8 Å². The second-order valence-electron chi connectivity index (χ2n) is 7.80. The molecule has 6 heteroatoms. The lowest BCUT2D eigenvalue weighted by molar-refractivity contribution is -0.136. The molecule has 1 saturated heterocycles. The smallest absolute Gasteiger partial charge is 0.313 e. The van der Waals surface area contributed by atoms with E-state index in [-0.39, 0.29) is 6.04 Å². The van der Waals surface area contributed by atoms with E-state index < -0.39 is 11.8 Å². The van der Waals surface area contributed by atoms with Gasteiger partial charge in [-0.15, -0.1) is 0 Å². The number of anilines is 1. The molecule has 0 saturated carbocycles. The Morgan fingerprint density at radius 3 is 2.00 bits per heavy atom. The third kappa shape index (κ3) is 5.89. The van der Waals surface area contributed by atoms with Crippen LogP contribution in [0.3, 0.4) is 0 Å². The van der Waals surface area contributed by atoms with Crippen LogP contribution >= 0.6 is 0 Å². The minimum Gasteiger partial charge on any atom is -0.346 e. The summed E-state index contributed by atoms with van der Waals surface area (Å²) in [6.45, 7) is 8.27. The second kappa shape index (κ2) is 9.67. The number of hydrogen-bond donors (Lipinski definition) is 2. The maximum absolute atomic E-state index is 12.4. The predicted molar refractivity (Wildman–Crippen MR) is 116 cm³/mol. The van der Waals surface area contributed by atoms with Crippen molar-refractivity contribution < 1.29 is 9.59 Å². The fourth-order valence-corrected chi connectivity index (χ4v) is 3.47. The summed E-state index contributed by atoms with van der Waals surface area (Å²) < 4.78 is 0. The Hall–Kier alpha value is -2.70. The molecule has 3 rings (SSSR count). The lowest BCUT2D eigenvalue weighted by atomic mass is 10.0. The minimum absolute atomic E-state index is 0.0421. The molecule has 2 aromatic rings. The second-order valence-corrected chi connectivity index (χ2v) is 7.80. The van der Waals surface area contributed by atoms with Gasteiger partial charge in [-0.3, -0.25) is 14.5 Å². The van der Waals surface area contributed by atoms with E-state index in [1.165, 1.54) is 5.56 Å². The van der Waals surface area contributed by atoms with E-state index in [1.807, 2.05) is 19.1 Å². The molecule has 1 aliphatic heterocycles.